The van der Waals surface area contributed by atoms with Gasteiger partial charge in [0, 0.05) is 24.0 Å². The molecule has 0 radical (unpaired) electrons. The molecule has 5 heteroatoms. The van der Waals surface area contributed by atoms with Crippen LogP contribution in [0.4, 0.5) is 17.6 Å². The van der Waals surface area contributed by atoms with Gasteiger partial charge in [0.1, 0.15) is 5.56 Å². The van der Waals surface area contributed by atoms with Crippen molar-refractivity contribution in [2.75, 3.05) is 0 Å². The van der Waals surface area contributed by atoms with Crippen molar-refractivity contribution in [2.45, 2.75) is 0 Å². The van der Waals surface area contributed by atoms with Gasteiger partial charge < -0.3 is 0 Å². The van der Waals surface area contributed by atoms with Gasteiger partial charge in [0.25, 0.3) is 0 Å². The SMILES string of the molecule is Fc1cc(F)c(F)c(C#Cc2ccncc2)c1F. The lowest BCUT2D eigenvalue weighted by Gasteiger charge is -1.99. The quantitative estimate of drug-likeness (QED) is 0.398. The van der Waals surface area contributed by atoms with E-state index in [0.717, 1.165) is 0 Å². The third kappa shape index (κ3) is 2.33. The molecular formula is C13H5F4N. The summed E-state index contributed by atoms with van der Waals surface area (Å²) in [5.41, 5.74) is -0.502. The molecule has 0 bridgehead atoms. The summed E-state index contributed by atoms with van der Waals surface area (Å²) >= 11 is 0. The number of hydrogen-bond acceptors (Lipinski definition) is 1. The maximum absolute atomic E-state index is 13.2. The highest BCUT2D eigenvalue weighted by atomic mass is 19.2. The summed E-state index contributed by atoms with van der Waals surface area (Å²) in [6.45, 7) is 0. The van der Waals surface area contributed by atoms with Crippen LogP contribution in [0.25, 0.3) is 0 Å². The third-order valence-corrected chi connectivity index (χ3v) is 2.12. The second-order valence-electron chi connectivity index (χ2n) is 3.33. The van der Waals surface area contributed by atoms with Crippen molar-refractivity contribution in [1.29, 1.82) is 0 Å². The number of aromatic nitrogens is 1. The van der Waals surface area contributed by atoms with Crippen LogP contribution >= 0.6 is 0 Å². The Kier molecular flexibility index (Phi) is 3.28. The molecule has 90 valence electrons. The number of pyridine rings is 1. The summed E-state index contributed by atoms with van der Waals surface area (Å²) in [4.78, 5) is 3.73. The van der Waals surface area contributed by atoms with E-state index in [9.17, 15) is 17.6 Å². The average molecular weight is 251 g/mol. The molecule has 0 spiro atoms. The molecule has 0 aliphatic rings. The van der Waals surface area contributed by atoms with Gasteiger partial charge >= 0.3 is 0 Å². The second kappa shape index (κ2) is 4.88. The Labute approximate surface area is 100 Å². The molecule has 2 aromatic rings. The minimum atomic E-state index is -1.50. The monoisotopic (exact) mass is 251 g/mol. The van der Waals surface area contributed by atoms with Crippen LogP contribution < -0.4 is 0 Å². The fourth-order valence-corrected chi connectivity index (χ4v) is 1.25. The minimum Gasteiger partial charge on any atom is -0.265 e. The molecule has 1 aromatic carbocycles. The van der Waals surface area contributed by atoms with Gasteiger partial charge in [0.2, 0.25) is 0 Å². The van der Waals surface area contributed by atoms with E-state index in [1.165, 1.54) is 24.5 Å². The largest absolute Gasteiger partial charge is 0.265 e. The molecule has 0 aliphatic carbocycles. The van der Waals surface area contributed by atoms with Crippen LogP contribution in [-0.4, -0.2) is 4.98 Å². The van der Waals surface area contributed by atoms with Gasteiger partial charge in [-0.05, 0) is 12.1 Å². The van der Waals surface area contributed by atoms with Crippen molar-refractivity contribution in [3.63, 3.8) is 0 Å². The number of hydrogen-bond donors (Lipinski definition) is 0. The molecule has 0 saturated heterocycles. The van der Waals surface area contributed by atoms with E-state index in [2.05, 4.69) is 16.8 Å². The summed E-state index contributed by atoms with van der Waals surface area (Å²) in [7, 11) is 0. The molecule has 0 unspecified atom stereocenters. The first-order valence-corrected chi connectivity index (χ1v) is 4.84. The van der Waals surface area contributed by atoms with E-state index in [1.807, 2.05) is 0 Å². The lowest BCUT2D eigenvalue weighted by molar-refractivity contribution is 0.450. The molecule has 1 nitrogen and oxygen atoms in total. The van der Waals surface area contributed by atoms with Crippen molar-refractivity contribution in [2.24, 2.45) is 0 Å². The summed E-state index contributed by atoms with van der Waals surface area (Å²) < 4.78 is 52.3. The molecule has 0 fully saturated rings. The summed E-state index contributed by atoms with van der Waals surface area (Å²) in [5, 5.41) is 0. The van der Waals surface area contributed by atoms with Crippen molar-refractivity contribution in [3.05, 3.63) is 65.0 Å². The standard InChI is InChI=1S/C13H5F4N/c14-10-7-11(15)13(17)9(12(10)16)2-1-8-3-5-18-6-4-8/h3-7H. The van der Waals surface area contributed by atoms with E-state index >= 15 is 0 Å². The first-order chi connectivity index (χ1) is 8.59. The van der Waals surface area contributed by atoms with Gasteiger partial charge in [-0.2, -0.15) is 0 Å². The highest BCUT2D eigenvalue weighted by molar-refractivity contribution is 5.43. The van der Waals surface area contributed by atoms with Crippen molar-refractivity contribution < 1.29 is 17.6 Å². The lowest BCUT2D eigenvalue weighted by Crippen LogP contribution is -1.98. The van der Waals surface area contributed by atoms with Crippen LogP contribution in [0.1, 0.15) is 11.1 Å². The molecule has 0 amide bonds. The average Bonchev–Trinajstić information content (AvgIpc) is 2.38. The third-order valence-electron chi connectivity index (χ3n) is 2.12. The van der Waals surface area contributed by atoms with Crippen LogP contribution in [0.2, 0.25) is 0 Å². The molecule has 18 heavy (non-hydrogen) atoms. The number of rotatable bonds is 0. The van der Waals surface area contributed by atoms with Crippen LogP contribution in [0, 0.1) is 35.1 Å². The van der Waals surface area contributed by atoms with Gasteiger partial charge in [-0.15, -0.1) is 0 Å². The highest BCUT2D eigenvalue weighted by Gasteiger charge is 2.17. The first kappa shape index (κ1) is 12.1. The predicted molar refractivity (Wildman–Crippen MR) is 56.5 cm³/mol. The van der Waals surface area contributed by atoms with Crippen molar-refractivity contribution >= 4 is 0 Å². The molecule has 0 saturated carbocycles. The zero-order chi connectivity index (χ0) is 13.1. The molecule has 0 aliphatic heterocycles. The number of halogens is 4. The minimum absolute atomic E-state index is 0.141. The Bertz CT molecular complexity index is 615. The van der Waals surface area contributed by atoms with E-state index in [1.54, 1.807) is 0 Å². The molecule has 0 N–H and O–H groups in total. The summed E-state index contributed by atoms with van der Waals surface area (Å²) in [6.07, 6.45) is 2.87. The second-order valence-corrected chi connectivity index (χ2v) is 3.33. The van der Waals surface area contributed by atoms with Crippen molar-refractivity contribution in [3.8, 4) is 11.8 Å². The molecule has 0 atom stereocenters. The van der Waals surface area contributed by atoms with E-state index < -0.39 is 28.8 Å². The first-order valence-electron chi connectivity index (χ1n) is 4.84. The van der Waals surface area contributed by atoms with Gasteiger partial charge in [-0.1, -0.05) is 11.8 Å². The Morgan fingerprint density at radius 2 is 1.39 bits per heavy atom. The zero-order valence-electron chi connectivity index (χ0n) is 8.85. The normalized spacial score (nSPS) is 9.78. The van der Waals surface area contributed by atoms with E-state index in [-0.39, 0.29) is 6.07 Å². The lowest BCUT2D eigenvalue weighted by atomic mass is 10.1. The summed E-state index contributed by atoms with van der Waals surface area (Å²) in [5.74, 6) is -1.50. The molecule has 2 rings (SSSR count). The van der Waals surface area contributed by atoms with Crippen LogP contribution in [-0.2, 0) is 0 Å². The fraction of sp³-hybridized carbons (Fsp3) is 0. The Balaban J connectivity index is 2.51. The smallest absolute Gasteiger partial charge is 0.177 e. The van der Waals surface area contributed by atoms with Crippen LogP contribution in [0.5, 0.6) is 0 Å². The topological polar surface area (TPSA) is 12.9 Å². The van der Waals surface area contributed by atoms with Crippen molar-refractivity contribution in [1.82, 2.24) is 4.98 Å². The zero-order valence-corrected chi connectivity index (χ0v) is 8.85. The predicted octanol–water partition coefficient (Wildman–Crippen LogP) is 3.04. The fourth-order valence-electron chi connectivity index (χ4n) is 1.25. The Morgan fingerprint density at radius 3 is 1.94 bits per heavy atom. The maximum atomic E-state index is 13.2. The molecular weight excluding hydrogens is 246 g/mol. The van der Waals surface area contributed by atoms with E-state index in [0.29, 0.717) is 5.56 Å². The van der Waals surface area contributed by atoms with Gasteiger partial charge in [0.15, 0.2) is 23.3 Å². The van der Waals surface area contributed by atoms with Crippen LogP contribution in [0.15, 0.2) is 30.6 Å². The highest BCUT2D eigenvalue weighted by Crippen LogP contribution is 2.18. The Hall–Kier alpha value is -2.35. The van der Waals surface area contributed by atoms with Gasteiger partial charge in [0.05, 0.1) is 0 Å². The maximum Gasteiger partial charge on any atom is 0.177 e. The molecule has 1 heterocycles. The van der Waals surface area contributed by atoms with Gasteiger partial charge in [-0.25, -0.2) is 17.6 Å². The van der Waals surface area contributed by atoms with Gasteiger partial charge in [-0.3, -0.25) is 4.98 Å². The van der Waals surface area contributed by atoms with E-state index in [4.69, 9.17) is 0 Å². The summed E-state index contributed by atoms with van der Waals surface area (Å²) in [6, 6.07) is 3.14. The Morgan fingerprint density at radius 1 is 0.833 bits per heavy atom. The number of nitrogens with zero attached hydrogens (tertiary/aromatic N) is 1. The van der Waals surface area contributed by atoms with Crippen LogP contribution in [0.3, 0.4) is 0 Å². The molecule has 1 aromatic heterocycles. The number of benzene rings is 1.